The molecule has 72 valence electrons. The number of nitrogens with zero attached hydrogens (tertiary/aromatic N) is 2. The second kappa shape index (κ2) is 7.40. The first-order valence-corrected chi connectivity index (χ1v) is 3.51. The third kappa shape index (κ3) is 4.59. The Morgan fingerprint density at radius 1 is 1.50 bits per heavy atom. The summed E-state index contributed by atoms with van der Waals surface area (Å²) >= 11 is 0. The number of aromatic nitrogens is 2. The van der Waals surface area contributed by atoms with Gasteiger partial charge in [0, 0.05) is 12.7 Å². The van der Waals surface area contributed by atoms with Crippen molar-refractivity contribution in [1.82, 2.24) is 9.55 Å². The van der Waals surface area contributed by atoms with Gasteiger partial charge in [-0.05, 0) is 19.9 Å². The summed E-state index contributed by atoms with van der Waals surface area (Å²) in [7, 11) is 0. The van der Waals surface area contributed by atoms with Gasteiger partial charge in [-0.3, -0.25) is 0 Å². The van der Waals surface area contributed by atoms with Gasteiger partial charge in [0.1, 0.15) is 0 Å². The van der Waals surface area contributed by atoms with E-state index < -0.39 is 0 Å². The zero-order valence-electron chi connectivity index (χ0n) is 7.06. The second-order valence-electron chi connectivity index (χ2n) is 2.40. The highest BCUT2D eigenvalue weighted by Crippen LogP contribution is 1.93. The van der Waals surface area contributed by atoms with Crippen molar-refractivity contribution in [2.45, 2.75) is 19.9 Å². The van der Waals surface area contributed by atoms with Crippen LogP contribution >= 0.6 is 24.8 Å². The molecule has 5 heteroatoms. The van der Waals surface area contributed by atoms with E-state index in [1.54, 1.807) is 0 Å². The molecular formula is C7H15Cl2N3. The molecule has 12 heavy (non-hydrogen) atoms. The van der Waals surface area contributed by atoms with Crippen molar-refractivity contribution in [2.24, 2.45) is 5.73 Å². The molecule has 0 atom stereocenters. The average molecular weight is 212 g/mol. The number of aryl methyl sites for hydroxylation is 2. The smallest absolute Gasteiger partial charge is 0.0949 e. The molecule has 0 saturated heterocycles. The molecule has 1 heterocycles. The lowest BCUT2D eigenvalue weighted by Crippen LogP contribution is -2.03. The Morgan fingerprint density at radius 3 is 2.58 bits per heavy atom. The Kier molecular flexibility index (Phi) is 8.81. The van der Waals surface area contributed by atoms with Gasteiger partial charge in [-0.15, -0.1) is 24.8 Å². The maximum absolute atomic E-state index is 5.35. The summed E-state index contributed by atoms with van der Waals surface area (Å²) in [6, 6.07) is 0. The lowest BCUT2D eigenvalue weighted by Gasteiger charge is -1.96. The fraction of sp³-hybridized carbons (Fsp3) is 0.571. The molecule has 0 bridgehead atoms. The first-order valence-electron chi connectivity index (χ1n) is 3.51. The molecule has 1 aromatic rings. The van der Waals surface area contributed by atoms with Gasteiger partial charge < -0.3 is 10.3 Å². The van der Waals surface area contributed by atoms with Crippen LogP contribution in [0, 0.1) is 6.92 Å². The second-order valence-corrected chi connectivity index (χ2v) is 2.40. The van der Waals surface area contributed by atoms with E-state index in [4.69, 9.17) is 5.73 Å². The maximum Gasteiger partial charge on any atom is 0.0949 e. The number of rotatable bonds is 3. The van der Waals surface area contributed by atoms with E-state index in [1.165, 1.54) is 0 Å². The summed E-state index contributed by atoms with van der Waals surface area (Å²) in [5.41, 5.74) is 6.42. The normalized spacial score (nSPS) is 8.50. The lowest BCUT2D eigenvalue weighted by molar-refractivity contribution is 0.650. The van der Waals surface area contributed by atoms with Crippen LogP contribution in [0.25, 0.3) is 0 Å². The van der Waals surface area contributed by atoms with Crippen molar-refractivity contribution >= 4 is 24.8 Å². The Balaban J connectivity index is 0. The standard InChI is InChI=1S/C7H13N3.2ClH/c1-7-5-10(6-9-7)4-2-3-8;;/h5-6H,2-4,8H2,1H3;2*1H. The van der Waals surface area contributed by atoms with E-state index in [1.807, 2.05) is 19.4 Å². The third-order valence-corrected chi connectivity index (χ3v) is 1.38. The molecule has 0 aromatic carbocycles. The first kappa shape index (κ1) is 14.3. The number of imidazole rings is 1. The summed E-state index contributed by atoms with van der Waals surface area (Å²) in [5.74, 6) is 0. The summed E-state index contributed by atoms with van der Waals surface area (Å²) < 4.78 is 2.06. The Hall–Kier alpha value is -0.250. The third-order valence-electron chi connectivity index (χ3n) is 1.38. The van der Waals surface area contributed by atoms with Gasteiger partial charge in [-0.1, -0.05) is 0 Å². The molecule has 2 N–H and O–H groups in total. The number of nitrogens with two attached hydrogens (primary N) is 1. The van der Waals surface area contributed by atoms with Crippen LogP contribution in [0.3, 0.4) is 0 Å². The van der Waals surface area contributed by atoms with Gasteiger partial charge in [0.2, 0.25) is 0 Å². The van der Waals surface area contributed by atoms with Crippen LogP contribution < -0.4 is 5.73 Å². The first-order chi connectivity index (χ1) is 4.83. The quantitative estimate of drug-likeness (QED) is 0.822. The van der Waals surface area contributed by atoms with Crippen molar-refractivity contribution in [1.29, 1.82) is 0 Å². The summed E-state index contributed by atoms with van der Waals surface area (Å²) in [5, 5.41) is 0. The molecule has 1 rings (SSSR count). The van der Waals surface area contributed by atoms with Crippen molar-refractivity contribution in [3.8, 4) is 0 Å². The fourth-order valence-electron chi connectivity index (χ4n) is 0.868. The minimum Gasteiger partial charge on any atom is -0.337 e. The van der Waals surface area contributed by atoms with Gasteiger partial charge in [0.15, 0.2) is 0 Å². The van der Waals surface area contributed by atoms with Crippen molar-refractivity contribution in [3.05, 3.63) is 18.2 Å². The van der Waals surface area contributed by atoms with Gasteiger partial charge in [0.25, 0.3) is 0 Å². The highest BCUT2D eigenvalue weighted by molar-refractivity contribution is 5.85. The van der Waals surface area contributed by atoms with Crippen molar-refractivity contribution in [3.63, 3.8) is 0 Å². The predicted molar refractivity (Wildman–Crippen MR) is 55.1 cm³/mol. The van der Waals surface area contributed by atoms with E-state index in [9.17, 15) is 0 Å². The van der Waals surface area contributed by atoms with Crippen molar-refractivity contribution in [2.75, 3.05) is 6.54 Å². The summed E-state index contributed by atoms with van der Waals surface area (Å²) in [6.07, 6.45) is 4.89. The fourth-order valence-corrected chi connectivity index (χ4v) is 0.868. The summed E-state index contributed by atoms with van der Waals surface area (Å²) in [6.45, 7) is 3.72. The molecule has 0 aliphatic heterocycles. The molecule has 0 radical (unpaired) electrons. The Bertz CT molecular complexity index is 200. The van der Waals surface area contributed by atoms with E-state index in [-0.39, 0.29) is 24.8 Å². The van der Waals surface area contributed by atoms with Crippen LogP contribution in [-0.4, -0.2) is 16.1 Å². The largest absolute Gasteiger partial charge is 0.337 e. The number of hydrogen-bond acceptors (Lipinski definition) is 2. The Morgan fingerprint density at radius 2 is 2.17 bits per heavy atom. The van der Waals surface area contributed by atoms with Gasteiger partial charge in [0.05, 0.1) is 12.0 Å². The molecular weight excluding hydrogens is 197 g/mol. The van der Waals surface area contributed by atoms with Crippen LogP contribution in [0.4, 0.5) is 0 Å². The SMILES string of the molecule is Cc1cn(CCCN)cn1.Cl.Cl. The topological polar surface area (TPSA) is 43.8 Å². The minimum atomic E-state index is 0. The average Bonchev–Trinajstić information content (AvgIpc) is 2.31. The minimum absolute atomic E-state index is 0. The maximum atomic E-state index is 5.35. The monoisotopic (exact) mass is 211 g/mol. The van der Waals surface area contributed by atoms with Crippen molar-refractivity contribution < 1.29 is 0 Å². The van der Waals surface area contributed by atoms with Gasteiger partial charge in [-0.25, -0.2) is 4.98 Å². The molecule has 0 fully saturated rings. The highest BCUT2D eigenvalue weighted by Gasteiger charge is 1.90. The van der Waals surface area contributed by atoms with Gasteiger partial charge >= 0.3 is 0 Å². The zero-order valence-corrected chi connectivity index (χ0v) is 8.70. The van der Waals surface area contributed by atoms with E-state index in [2.05, 4.69) is 9.55 Å². The van der Waals surface area contributed by atoms with Crippen LogP contribution in [-0.2, 0) is 6.54 Å². The Labute approximate surface area is 85.2 Å². The van der Waals surface area contributed by atoms with E-state index in [0.29, 0.717) is 0 Å². The van der Waals surface area contributed by atoms with E-state index in [0.717, 1.165) is 25.2 Å². The molecule has 0 saturated carbocycles. The van der Waals surface area contributed by atoms with Crippen LogP contribution in [0.5, 0.6) is 0 Å². The number of hydrogen-bond donors (Lipinski definition) is 1. The molecule has 0 amide bonds. The lowest BCUT2D eigenvalue weighted by atomic mass is 10.4. The van der Waals surface area contributed by atoms with Gasteiger partial charge in [-0.2, -0.15) is 0 Å². The molecule has 0 aliphatic carbocycles. The molecule has 1 aromatic heterocycles. The molecule has 0 spiro atoms. The summed E-state index contributed by atoms with van der Waals surface area (Å²) in [4.78, 5) is 4.09. The van der Waals surface area contributed by atoms with Crippen LogP contribution in [0.2, 0.25) is 0 Å². The zero-order chi connectivity index (χ0) is 7.40. The van der Waals surface area contributed by atoms with Crippen LogP contribution in [0.1, 0.15) is 12.1 Å². The number of halogens is 2. The molecule has 0 unspecified atom stereocenters. The molecule has 3 nitrogen and oxygen atoms in total. The van der Waals surface area contributed by atoms with Crippen LogP contribution in [0.15, 0.2) is 12.5 Å². The van der Waals surface area contributed by atoms with E-state index >= 15 is 0 Å². The molecule has 0 aliphatic rings. The highest BCUT2D eigenvalue weighted by atomic mass is 35.5. The predicted octanol–water partition coefficient (Wildman–Crippen LogP) is 1.38.